The van der Waals surface area contributed by atoms with Crippen LogP contribution >= 0.6 is 22.9 Å². The molecule has 2 aliphatic heterocycles. The minimum atomic E-state index is -3.00. The molecule has 1 saturated heterocycles. The molecule has 10 heteroatoms. The summed E-state index contributed by atoms with van der Waals surface area (Å²) in [5, 5.41) is 14.0. The topological polar surface area (TPSA) is 84.7 Å². The van der Waals surface area contributed by atoms with Gasteiger partial charge in [0.15, 0.2) is 0 Å². The molecule has 166 valence electrons. The molecule has 0 aromatic carbocycles. The van der Waals surface area contributed by atoms with Crippen LogP contribution in [0.4, 0.5) is 0 Å². The molecule has 2 aromatic heterocycles. The maximum Gasteiger partial charge on any atom is 0.149 e. The largest absolute Gasteiger partial charge is 0.392 e. The van der Waals surface area contributed by atoms with Gasteiger partial charge >= 0.3 is 0 Å². The van der Waals surface area contributed by atoms with Gasteiger partial charge in [-0.15, -0.1) is 11.3 Å². The van der Waals surface area contributed by atoms with Crippen molar-refractivity contribution in [3.05, 3.63) is 38.3 Å². The first-order valence-corrected chi connectivity index (χ1v) is 13.4. The Hall–Kier alpha value is -0.970. The van der Waals surface area contributed by atoms with Crippen molar-refractivity contribution in [1.29, 1.82) is 0 Å². The first-order valence-electron chi connectivity index (χ1n) is 10.2. The number of fused-ring (bicyclic) bond motifs is 2. The van der Waals surface area contributed by atoms with E-state index < -0.39 is 9.84 Å². The van der Waals surface area contributed by atoms with Crippen molar-refractivity contribution < 1.29 is 18.3 Å². The Labute approximate surface area is 186 Å². The smallest absolute Gasteiger partial charge is 0.149 e. The second-order valence-electron chi connectivity index (χ2n) is 8.43. The molecule has 0 bridgehead atoms. The summed E-state index contributed by atoms with van der Waals surface area (Å²) in [6.45, 7) is 4.89. The van der Waals surface area contributed by atoms with E-state index in [-0.39, 0.29) is 18.0 Å². The normalized spacial score (nSPS) is 25.0. The molecule has 0 radical (unpaired) electrons. The average molecular weight is 474 g/mol. The van der Waals surface area contributed by atoms with E-state index in [1.807, 2.05) is 12.4 Å². The summed E-state index contributed by atoms with van der Waals surface area (Å²) >= 11 is 7.98. The third-order valence-electron chi connectivity index (χ3n) is 6.18. The van der Waals surface area contributed by atoms with Gasteiger partial charge in [0.1, 0.15) is 15.4 Å². The van der Waals surface area contributed by atoms with Gasteiger partial charge < -0.3 is 9.84 Å². The van der Waals surface area contributed by atoms with Gasteiger partial charge in [0.2, 0.25) is 0 Å². The van der Waals surface area contributed by atoms with Gasteiger partial charge in [0.25, 0.3) is 0 Å². The van der Waals surface area contributed by atoms with Crippen LogP contribution in [0.1, 0.15) is 41.3 Å². The van der Waals surface area contributed by atoms with Crippen molar-refractivity contribution in [2.75, 3.05) is 25.2 Å². The lowest BCUT2D eigenvalue weighted by molar-refractivity contribution is -0.110. The zero-order valence-corrected chi connectivity index (χ0v) is 19.7. The molecule has 30 heavy (non-hydrogen) atoms. The fourth-order valence-electron chi connectivity index (χ4n) is 4.60. The van der Waals surface area contributed by atoms with E-state index in [0.717, 1.165) is 43.5 Å². The third kappa shape index (κ3) is 4.47. The number of nitrogens with zero attached hydrogens (tertiary/aromatic N) is 3. The number of ether oxygens (including phenoxy) is 1. The van der Waals surface area contributed by atoms with E-state index in [1.54, 1.807) is 16.0 Å². The number of likely N-dealkylation sites (tertiary alicyclic amines) is 1. The summed E-state index contributed by atoms with van der Waals surface area (Å²) in [4.78, 5) is 3.62. The minimum Gasteiger partial charge on any atom is -0.392 e. The zero-order valence-electron chi connectivity index (χ0n) is 17.3. The SMILES string of the molecule is C[C@H]1C[C@@]2(CCN1Cc1cnn(CCS(C)(=O)=O)c1)OCCc1c2sc(Cl)c1CO. The van der Waals surface area contributed by atoms with Gasteiger partial charge in [-0.25, -0.2) is 8.42 Å². The van der Waals surface area contributed by atoms with Gasteiger partial charge in [-0.2, -0.15) is 5.10 Å². The van der Waals surface area contributed by atoms with Crippen molar-refractivity contribution >= 4 is 32.8 Å². The predicted octanol–water partition coefficient (Wildman–Crippen LogP) is 2.59. The van der Waals surface area contributed by atoms with Crippen molar-refractivity contribution in [3.8, 4) is 0 Å². The molecule has 7 nitrogen and oxygen atoms in total. The number of aromatic nitrogens is 2. The standard InChI is InChI=1S/C20H28ClN3O4S2/c1-14-9-20(18-16(3-7-28-20)17(13-25)19(21)29-18)4-5-23(14)11-15-10-22-24(12-15)6-8-30(2,26)27/h10,12,14,25H,3-9,11,13H2,1-2H3/t14-,20+/m0/s1. The van der Waals surface area contributed by atoms with Gasteiger partial charge in [0, 0.05) is 47.6 Å². The molecule has 4 heterocycles. The molecule has 2 aromatic rings. The first-order chi connectivity index (χ1) is 14.2. The molecule has 0 unspecified atom stereocenters. The van der Waals surface area contributed by atoms with Crippen molar-refractivity contribution in [2.45, 2.75) is 57.5 Å². The Kier molecular flexibility index (Phi) is 6.31. The fraction of sp³-hybridized carbons (Fsp3) is 0.650. The number of piperidine rings is 1. The molecule has 2 atom stereocenters. The van der Waals surface area contributed by atoms with Gasteiger partial charge in [-0.05, 0) is 31.7 Å². The van der Waals surface area contributed by atoms with E-state index in [0.29, 0.717) is 23.5 Å². The molecular weight excluding hydrogens is 446 g/mol. The average Bonchev–Trinajstić information content (AvgIpc) is 3.26. The molecule has 0 saturated carbocycles. The Morgan fingerprint density at radius 3 is 2.97 bits per heavy atom. The second kappa shape index (κ2) is 8.52. The molecular formula is C20H28ClN3O4S2. The zero-order chi connectivity index (χ0) is 21.5. The predicted molar refractivity (Wildman–Crippen MR) is 118 cm³/mol. The van der Waals surface area contributed by atoms with Crippen molar-refractivity contribution in [2.24, 2.45) is 0 Å². The molecule has 1 N–H and O–H groups in total. The van der Waals surface area contributed by atoms with E-state index in [9.17, 15) is 13.5 Å². The lowest BCUT2D eigenvalue weighted by Gasteiger charge is -2.47. The van der Waals surface area contributed by atoms with Crippen LogP contribution in [0.15, 0.2) is 12.4 Å². The monoisotopic (exact) mass is 473 g/mol. The molecule has 0 aliphatic carbocycles. The summed E-state index contributed by atoms with van der Waals surface area (Å²) in [5.74, 6) is 0.0929. The van der Waals surface area contributed by atoms with E-state index in [2.05, 4.69) is 16.9 Å². The number of hydrogen-bond acceptors (Lipinski definition) is 7. The number of rotatable bonds is 6. The Morgan fingerprint density at radius 2 is 2.27 bits per heavy atom. The van der Waals surface area contributed by atoms with Crippen molar-refractivity contribution in [3.63, 3.8) is 0 Å². The van der Waals surface area contributed by atoms with Crippen LogP contribution in [0, 0.1) is 0 Å². The number of sulfone groups is 1. The van der Waals surface area contributed by atoms with E-state index in [4.69, 9.17) is 16.3 Å². The maximum atomic E-state index is 11.4. The van der Waals surface area contributed by atoms with Crippen molar-refractivity contribution in [1.82, 2.24) is 14.7 Å². The number of thiophene rings is 1. The number of aliphatic hydroxyl groups is 1. The lowest BCUT2D eigenvalue weighted by atomic mass is 9.81. The molecule has 2 aliphatic rings. The Balaban J connectivity index is 1.44. The highest BCUT2D eigenvalue weighted by Crippen LogP contribution is 2.49. The van der Waals surface area contributed by atoms with Crippen LogP contribution in [0.2, 0.25) is 4.34 Å². The van der Waals surface area contributed by atoms with E-state index >= 15 is 0 Å². The number of halogens is 1. The van der Waals surface area contributed by atoms with Crippen LogP contribution in [0.3, 0.4) is 0 Å². The fourth-order valence-corrected chi connectivity index (χ4v) is 6.79. The minimum absolute atomic E-state index is 0.0221. The van der Waals surface area contributed by atoms with Crippen LogP contribution in [0.25, 0.3) is 0 Å². The number of hydrogen-bond donors (Lipinski definition) is 1. The summed E-state index contributed by atoms with van der Waals surface area (Å²) in [7, 11) is -3.00. The van der Waals surface area contributed by atoms with Crippen LogP contribution in [0.5, 0.6) is 0 Å². The molecule has 1 spiro atoms. The first kappa shape index (κ1) is 22.2. The summed E-state index contributed by atoms with van der Waals surface area (Å²) in [5.41, 5.74) is 2.83. The lowest BCUT2D eigenvalue weighted by Crippen LogP contribution is -2.50. The summed E-state index contributed by atoms with van der Waals surface area (Å²) in [6, 6.07) is 0.308. The highest BCUT2D eigenvalue weighted by Gasteiger charge is 2.45. The molecule has 1 fully saturated rings. The highest BCUT2D eigenvalue weighted by molar-refractivity contribution is 7.90. The molecule has 0 amide bonds. The van der Waals surface area contributed by atoms with Crippen LogP contribution in [-0.4, -0.2) is 59.4 Å². The van der Waals surface area contributed by atoms with Gasteiger partial charge in [0.05, 0.1) is 36.0 Å². The van der Waals surface area contributed by atoms with Gasteiger partial charge in [-0.1, -0.05) is 11.6 Å². The highest BCUT2D eigenvalue weighted by atomic mass is 35.5. The van der Waals surface area contributed by atoms with Crippen LogP contribution in [-0.2, 0) is 46.3 Å². The number of aryl methyl sites for hydroxylation is 1. The van der Waals surface area contributed by atoms with E-state index in [1.165, 1.54) is 16.7 Å². The second-order valence-corrected chi connectivity index (χ2v) is 12.3. The van der Waals surface area contributed by atoms with Crippen LogP contribution < -0.4 is 0 Å². The Bertz CT molecular complexity index is 1020. The third-order valence-corrected chi connectivity index (χ3v) is 8.82. The van der Waals surface area contributed by atoms with Gasteiger partial charge in [-0.3, -0.25) is 9.58 Å². The maximum absolute atomic E-state index is 11.4. The quantitative estimate of drug-likeness (QED) is 0.694. The Morgan fingerprint density at radius 1 is 1.47 bits per heavy atom. The summed E-state index contributed by atoms with van der Waals surface area (Å²) < 4.78 is 31.5. The summed E-state index contributed by atoms with van der Waals surface area (Å²) in [6.07, 6.45) is 7.57. The molecule has 4 rings (SSSR count). The number of aliphatic hydroxyl groups excluding tert-OH is 1.